The molecule has 19 heavy (non-hydrogen) atoms. The van der Waals surface area contributed by atoms with E-state index in [1.165, 1.54) is 12.3 Å². The number of hydrogen-bond acceptors (Lipinski definition) is 5. The van der Waals surface area contributed by atoms with Crippen LogP contribution in [0.5, 0.6) is 0 Å². The first kappa shape index (κ1) is 13.7. The van der Waals surface area contributed by atoms with E-state index in [-0.39, 0.29) is 28.2 Å². The van der Waals surface area contributed by atoms with Crippen molar-refractivity contribution in [2.24, 2.45) is 5.41 Å². The molecule has 1 saturated carbocycles. The molecule has 0 aromatic carbocycles. The van der Waals surface area contributed by atoms with E-state index in [1.54, 1.807) is 14.0 Å². The van der Waals surface area contributed by atoms with E-state index in [0.717, 1.165) is 6.42 Å². The highest BCUT2D eigenvalue weighted by atomic mass is 16.6. The average Bonchev–Trinajstić information content (AvgIpc) is 2.35. The number of methoxy groups -OCH3 is 1. The molecule has 1 N–H and O–H groups in total. The van der Waals surface area contributed by atoms with E-state index >= 15 is 0 Å². The van der Waals surface area contributed by atoms with Crippen molar-refractivity contribution in [1.82, 2.24) is 4.98 Å². The Morgan fingerprint density at radius 2 is 2.26 bits per heavy atom. The highest BCUT2D eigenvalue weighted by Crippen LogP contribution is 2.44. The molecule has 1 aliphatic rings. The van der Waals surface area contributed by atoms with Gasteiger partial charge >= 0.3 is 0 Å². The molecule has 0 amide bonds. The van der Waals surface area contributed by atoms with Crippen LogP contribution in [0.3, 0.4) is 0 Å². The van der Waals surface area contributed by atoms with Crippen LogP contribution < -0.4 is 5.32 Å². The number of nitrogens with zero attached hydrogens (tertiary/aromatic N) is 2. The van der Waals surface area contributed by atoms with E-state index in [9.17, 15) is 10.1 Å². The van der Waals surface area contributed by atoms with Gasteiger partial charge in [-0.25, -0.2) is 4.98 Å². The van der Waals surface area contributed by atoms with Gasteiger partial charge in [-0.2, -0.15) is 0 Å². The second kappa shape index (κ2) is 4.77. The van der Waals surface area contributed by atoms with Gasteiger partial charge in [0.05, 0.1) is 17.1 Å². The van der Waals surface area contributed by atoms with Crippen molar-refractivity contribution in [1.29, 1.82) is 0 Å². The van der Waals surface area contributed by atoms with Gasteiger partial charge in [0.25, 0.3) is 5.69 Å². The van der Waals surface area contributed by atoms with Crippen LogP contribution in [0.25, 0.3) is 0 Å². The molecule has 1 heterocycles. The molecule has 2 unspecified atom stereocenters. The van der Waals surface area contributed by atoms with E-state index in [1.807, 2.05) is 0 Å². The highest BCUT2D eigenvalue weighted by molar-refractivity contribution is 5.50. The number of ether oxygens (including phenoxy) is 1. The Balaban J connectivity index is 2.13. The maximum absolute atomic E-state index is 10.9. The third kappa shape index (κ3) is 2.40. The molecule has 0 bridgehead atoms. The summed E-state index contributed by atoms with van der Waals surface area (Å²) in [7, 11) is 1.71. The zero-order chi connectivity index (χ0) is 14.2. The Hall–Kier alpha value is -1.69. The lowest BCUT2D eigenvalue weighted by Crippen LogP contribution is -2.57. The van der Waals surface area contributed by atoms with E-state index in [2.05, 4.69) is 24.1 Å². The van der Waals surface area contributed by atoms with Crippen molar-refractivity contribution in [3.63, 3.8) is 0 Å². The monoisotopic (exact) mass is 265 g/mol. The van der Waals surface area contributed by atoms with Crippen molar-refractivity contribution in [2.45, 2.75) is 39.3 Å². The average molecular weight is 265 g/mol. The summed E-state index contributed by atoms with van der Waals surface area (Å²) in [4.78, 5) is 14.7. The maximum atomic E-state index is 10.9. The number of pyridine rings is 1. The quantitative estimate of drug-likeness (QED) is 0.668. The molecule has 0 aliphatic heterocycles. The maximum Gasteiger partial charge on any atom is 0.277 e. The van der Waals surface area contributed by atoms with Gasteiger partial charge in [-0.3, -0.25) is 10.1 Å². The SMILES string of the molecule is COC1CC(Nc2cc([N+](=O)[O-])c(C)cn2)C1(C)C. The first-order valence-corrected chi connectivity index (χ1v) is 6.26. The zero-order valence-corrected chi connectivity index (χ0v) is 11.6. The molecule has 0 saturated heterocycles. The van der Waals surface area contributed by atoms with Gasteiger partial charge in [-0.15, -0.1) is 0 Å². The minimum absolute atomic E-state index is 0.00387. The van der Waals surface area contributed by atoms with Crippen LogP contribution >= 0.6 is 0 Å². The lowest BCUT2D eigenvalue weighted by atomic mass is 9.64. The Morgan fingerprint density at radius 3 is 2.79 bits per heavy atom. The summed E-state index contributed by atoms with van der Waals surface area (Å²) in [6, 6.07) is 1.71. The molecule has 1 fully saturated rings. The van der Waals surface area contributed by atoms with Gasteiger partial charge in [0.2, 0.25) is 0 Å². The minimum Gasteiger partial charge on any atom is -0.381 e. The number of aryl methyl sites for hydroxylation is 1. The smallest absolute Gasteiger partial charge is 0.277 e. The Labute approximate surface area is 112 Å². The van der Waals surface area contributed by atoms with Crippen molar-refractivity contribution < 1.29 is 9.66 Å². The second-order valence-electron chi connectivity index (χ2n) is 5.59. The third-order valence-electron chi connectivity index (χ3n) is 4.06. The van der Waals surface area contributed by atoms with Crippen molar-refractivity contribution >= 4 is 11.5 Å². The van der Waals surface area contributed by atoms with Crippen LogP contribution in [0.4, 0.5) is 11.5 Å². The number of rotatable bonds is 4. The molecule has 2 rings (SSSR count). The van der Waals surface area contributed by atoms with E-state index in [0.29, 0.717) is 11.4 Å². The summed E-state index contributed by atoms with van der Waals surface area (Å²) in [6.45, 7) is 5.92. The topological polar surface area (TPSA) is 77.3 Å². The van der Waals surface area contributed by atoms with Crippen molar-refractivity contribution in [3.05, 3.63) is 27.9 Å². The first-order chi connectivity index (χ1) is 8.86. The van der Waals surface area contributed by atoms with Gasteiger partial charge in [-0.05, 0) is 13.3 Å². The highest BCUT2D eigenvalue weighted by Gasteiger charge is 2.48. The molecule has 6 heteroatoms. The number of nitrogens with one attached hydrogen (secondary N) is 1. The lowest BCUT2D eigenvalue weighted by molar-refractivity contribution is -0.385. The van der Waals surface area contributed by atoms with Crippen LogP contribution in [-0.4, -0.2) is 29.2 Å². The van der Waals surface area contributed by atoms with Gasteiger partial charge in [0.1, 0.15) is 5.82 Å². The Morgan fingerprint density at radius 1 is 1.58 bits per heavy atom. The summed E-state index contributed by atoms with van der Waals surface area (Å²) in [5, 5.41) is 14.2. The predicted molar refractivity (Wildman–Crippen MR) is 72.2 cm³/mol. The number of hydrogen-bond donors (Lipinski definition) is 1. The first-order valence-electron chi connectivity index (χ1n) is 6.26. The summed E-state index contributed by atoms with van der Waals surface area (Å²) < 4.78 is 5.38. The fourth-order valence-electron chi connectivity index (χ4n) is 2.50. The number of anilines is 1. The Bertz CT molecular complexity index is 502. The molecule has 104 valence electrons. The molecule has 1 aromatic heterocycles. The van der Waals surface area contributed by atoms with Crippen LogP contribution in [0, 0.1) is 22.5 Å². The summed E-state index contributed by atoms with van der Waals surface area (Å²) in [6.07, 6.45) is 2.62. The van der Waals surface area contributed by atoms with E-state index < -0.39 is 0 Å². The standard InChI is InChI=1S/C13H19N3O3/c1-8-7-14-12(5-9(8)16(17)18)15-10-6-11(19-4)13(10,2)3/h5,7,10-11H,6H2,1-4H3,(H,14,15). The summed E-state index contributed by atoms with van der Waals surface area (Å²) in [5.41, 5.74) is 0.659. The number of aromatic nitrogens is 1. The predicted octanol–water partition coefficient (Wildman–Crippen LogP) is 2.52. The largest absolute Gasteiger partial charge is 0.381 e. The van der Waals surface area contributed by atoms with Crippen LogP contribution in [0.15, 0.2) is 12.3 Å². The van der Waals surface area contributed by atoms with Crippen LogP contribution in [0.2, 0.25) is 0 Å². The van der Waals surface area contributed by atoms with Gasteiger partial charge in [0, 0.05) is 30.3 Å². The third-order valence-corrected chi connectivity index (χ3v) is 4.06. The summed E-state index contributed by atoms with van der Waals surface area (Å²) >= 11 is 0. The Kier molecular flexibility index (Phi) is 3.45. The van der Waals surface area contributed by atoms with Gasteiger partial charge in [0.15, 0.2) is 0 Å². The molecule has 0 spiro atoms. The van der Waals surface area contributed by atoms with Crippen LogP contribution in [-0.2, 0) is 4.74 Å². The molecule has 6 nitrogen and oxygen atoms in total. The molecular weight excluding hydrogens is 246 g/mol. The van der Waals surface area contributed by atoms with Crippen LogP contribution in [0.1, 0.15) is 25.8 Å². The molecule has 1 aliphatic carbocycles. The molecule has 0 radical (unpaired) electrons. The van der Waals surface area contributed by atoms with Gasteiger partial charge < -0.3 is 10.1 Å². The molecule has 2 atom stereocenters. The van der Waals surface area contributed by atoms with E-state index in [4.69, 9.17) is 4.74 Å². The molecule has 1 aromatic rings. The second-order valence-corrected chi connectivity index (χ2v) is 5.59. The summed E-state index contributed by atoms with van der Waals surface area (Å²) in [5.74, 6) is 0.546. The normalized spacial score (nSPS) is 24.6. The van der Waals surface area contributed by atoms with Crippen molar-refractivity contribution in [3.8, 4) is 0 Å². The van der Waals surface area contributed by atoms with Gasteiger partial charge in [-0.1, -0.05) is 13.8 Å². The fraction of sp³-hybridized carbons (Fsp3) is 0.615. The van der Waals surface area contributed by atoms with Crippen molar-refractivity contribution in [2.75, 3.05) is 12.4 Å². The minimum atomic E-state index is -0.383. The fourth-order valence-corrected chi connectivity index (χ4v) is 2.50. The lowest BCUT2D eigenvalue weighted by Gasteiger charge is -2.51. The molecular formula is C13H19N3O3. The number of nitro groups is 1. The zero-order valence-electron chi connectivity index (χ0n) is 11.6.